The lowest BCUT2D eigenvalue weighted by Crippen LogP contribution is -2.26. The third kappa shape index (κ3) is 3.11. The summed E-state index contributed by atoms with van der Waals surface area (Å²) < 4.78 is 3.09. The molecule has 1 saturated carbocycles. The second-order valence-corrected chi connectivity index (χ2v) is 6.36. The maximum absolute atomic E-state index is 12.2. The van der Waals surface area contributed by atoms with E-state index >= 15 is 0 Å². The molecule has 0 radical (unpaired) electrons. The van der Waals surface area contributed by atoms with Gasteiger partial charge in [-0.05, 0) is 60.5 Å². The van der Waals surface area contributed by atoms with Crippen LogP contribution in [0.4, 0.5) is 0 Å². The number of halogens is 1. The molecular weight excluding hydrogens is 304 g/mol. The molecule has 0 spiro atoms. The molecule has 0 atom stereocenters. The highest BCUT2D eigenvalue weighted by Gasteiger charge is 2.27. The van der Waals surface area contributed by atoms with E-state index < -0.39 is 0 Å². The Morgan fingerprint density at radius 3 is 3.00 bits per heavy atom. The molecule has 2 aliphatic carbocycles. The summed E-state index contributed by atoms with van der Waals surface area (Å²) in [6.45, 7) is 0.748. The molecule has 4 heteroatoms. The lowest BCUT2D eigenvalue weighted by Gasteiger charge is -2.09. The molecule has 0 aliphatic heterocycles. The summed E-state index contributed by atoms with van der Waals surface area (Å²) in [6, 6.07) is 2.45. The molecule has 1 fully saturated rings. The number of nitrogens with one attached hydrogen (secondary N) is 1. The topological polar surface area (TPSA) is 34.0 Å². The second-order valence-electron chi connectivity index (χ2n) is 5.44. The summed E-state index contributed by atoms with van der Waals surface area (Å²) in [6.07, 6.45) is 11.4. The minimum absolute atomic E-state index is 0.0520. The average Bonchev–Trinajstić information content (AvgIpc) is 2.96. The first-order valence-electron chi connectivity index (χ1n) is 7.07. The normalized spacial score (nSPS) is 18.5. The van der Waals surface area contributed by atoms with Crippen LogP contribution in [0.3, 0.4) is 0 Å². The molecule has 1 amide bonds. The Morgan fingerprint density at radius 1 is 1.47 bits per heavy atom. The summed E-state index contributed by atoms with van der Waals surface area (Å²) in [5.74, 6) is 0.0520. The van der Waals surface area contributed by atoms with E-state index in [0.29, 0.717) is 6.04 Å². The lowest BCUT2D eigenvalue weighted by atomic mass is 10.2. The third-order valence-corrected chi connectivity index (χ3v) is 4.29. The molecule has 0 unspecified atom stereocenters. The third-order valence-electron chi connectivity index (χ3n) is 3.85. The maximum Gasteiger partial charge on any atom is 0.267 e. The number of hydrogen-bond donors (Lipinski definition) is 1. The Kier molecular flexibility index (Phi) is 3.78. The van der Waals surface area contributed by atoms with Crippen LogP contribution in [0.25, 0.3) is 0 Å². The van der Waals surface area contributed by atoms with Crippen molar-refractivity contribution in [1.29, 1.82) is 0 Å². The minimum Gasteiger partial charge on any atom is -0.350 e. The molecular formula is C15H19BrN2O. The van der Waals surface area contributed by atoms with Gasteiger partial charge in [0.05, 0.1) is 0 Å². The molecule has 2 aliphatic rings. The van der Waals surface area contributed by atoms with E-state index in [9.17, 15) is 4.79 Å². The summed E-state index contributed by atoms with van der Waals surface area (Å²) in [4.78, 5) is 12.2. The summed E-state index contributed by atoms with van der Waals surface area (Å²) in [5, 5.41) is 3.04. The van der Waals surface area contributed by atoms with E-state index in [1.165, 1.54) is 37.7 Å². The van der Waals surface area contributed by atoms with Gasteiger partial charge >= 0.3 is 0 Å². The quantitative estimate of drug-likeness (QED) is 0.821. The minimum atomic E-state index is 0.0520. The molecule has 19 heavy (non-hydrogen) atoms. The fourth-order valence-electron chi connectivity index (χ4n) is 2.67. The Labute approximate surface area is 122 Å². The highest BCUT2D eigenvalue weighted by atomic mass is 79.9. The van der Waals surface area contributed by atoms with Crippen LogP contribution in [0.2, 0.25) is 0 Å². The van der Waals surface area contributed by atoms with Crippen molar-refractivity contribution in [2.24, 2.45) is 0 Å². The molecule has 0 saturated heterocycles. The van der Waals surface area contributed by atoms with Crippen LogP contribution in [-0.4, -0.2) is 17.0 Å². The van der Waals surface area contributed by atoms with Gasteiger partial charge < -0.3 is 9.88 Å². The first-order chi connectivity index (χ1) is 9.24. The van der Waals surface area contributed by atoms with E-state index in [0.717, 1.165) is 23.1 Å². The zero-order valence-electron chi connectivity index (χ0n) is 11.0. The van der Waals surface area contributed by atoms with Crippen molar-refractivity contribution in [3.05, 3.63) is 34.1 Å². The van der Waals surface area contributed by atoms with Crippen molar-refractivity contribution < 1.29 is 4.79 Å². The number of carbonyl (C=O) groups excluding carboxylic acids is 1. The number of nitrogens with zero attached hydrogens (tertiary/aromatic N) is 1. The highest BCUT2D eigenvalue weighted by Crippen LogP contribution is 2.37. The lowest BCUT2D eigenvalue weighted by molar-refractivity contribution is 0.0944. The molecule has 102 valence electrons. The van der Waals surface area contributed by atoms with Crippen LogP contribution in [0.5, 0.6) is 0 Å². The Hall–Kier alpha value is -1.03. The monoisotopic (exact) mass is 322 g/mol. The molecule has 1 N–H and O–H groups in total. The van der Waals surface area contributed by atoms with Gasteiger partial charge in [-0.2, -0.15) is 0 Å². The van der Waals surface area contributed by atoms with Gasteiger partial charge in [0.1, 0.15) is 5.69 Å². The van der Waals surface area contributed by atoms with Crippen LogP contribution in [0, 0.1) is 0 Å². The number of aromatic nitrogens is 1. The summed E-state index contributed by atoms with van der Waals surface area (Å²) in [5.41, 5.74) is 2.29. The van der Waals surface area contributed by atoms with E-state index in [4.69, 9.17) is 0 Å². The van der Waals surface area contributed by atoms with Crippen LogP contribution >= 0.6 is 15.9 Å². The number of amides is 1. The van der Waals surface area contributed by atoms with Gasteiger partial charge in [0, 0.05) is 23.3 Å². The van der Waals surface area contributed by atoms with Gasteiger partial charge in [0.2, 0.25) is 0 Å². The van der Waals surface area contributed by atoms with Gasteiger partial charge in [0.15, 0.2) is 0 Å². The highest BCUT2D eigenvalue weighted by molar-refractivity contribution is 9.10. The summed E-state index contributed by atoms with van der Waals surface area (Å²) in [7, 11) is 0. The van der Waals surface area contributed by atoms with Crippen molar-refractivity contribution in [3.8, 4) is 0 Å². The fourth-order valence-corrected chi connectivity index (χ4v) is 3.11. The van der Waals surface area contributed by atoms with Gasteiger partial charge in [-0.15, -0.1) is 0 Å². The predicted molar refractivity (Wildman–Crippen MR) is 79.3 cm³/mol. The zero-order chi connectivity index (χ0) is 13.2. The van der Waals surface area contributed by atoms with E-state index in [2.05, 4.69) is 31.9 Å². The number of rotatable bonds is 5. The van der Waals surface area contributed by atoms with Crippen molar-refractivity contribution in [3.63, 3.8) is 0 Å². The smallest absolute Gasteiger partial charge is 0.267 e. The molecule has 0 aromatic carbocycles. The second kappa shape index (κ2) is 5.53. The molecule has 1 aromatic rings. The SMILES string of the molecule is O=C(NCCC1=CCCC1)c1cc(Br)cn1C1CC1. The van der Waals surface area contributed by atoms with Crippen molar-refractivity contribution in [2.45, 2.75) is 44.6 Å². The zero-order valence-corrected chi connectivity index (χ0v) is 12.6. The maximum atomic E-state index is 12.2. The Balaban J connectivity index is 1.57. The van der Waals surface area contributed by atoms with Crippen molar-refractivity contribution in [2.75, 3.05) is 6.54 Å². The van der Waals surface area contributed by atoms with Crippen molar-refractivity contribution in [1.82, 2.24) is 9.88 Å². The number of carbonyl (C=O) groups is 1. The van der Waals surface area contributed by atoms with Gasteiger partial charge in [-0.1, -0.05) is 11.6 Å². The van der Waals surface area contributed by atoms with Crippen LogP contribution in [0.1, 0.15) is 55.1 Å². The Bertz CT molecular complexity index is 514. The first-order valence-corrected chi connectivity index (χ1v) is 7.87. The van der Waals surface area contributed by atoms with Crippen LogP contribution < -0.4 is 5.32 Å². The molecule has 1 heterocycles. The van der Waals surface area contributed by atoms with E-state index in [1.807, 2.05) is 12.3 Å². The van der Waals surface area contributed by atoms with Crippen LogP contribution in [-0.2, 0) is 0 Å². The predicted octanol–water partition coefficient (Wildman–Crippen LogP) is 3.82. The molecule has 1 aromatic heterocycles. The fraction of sp³-hybridized carbons (Fsp3) is 0.533. The van der Waals surface area contributed by atoms with Crippen LogP contribution in [0.15, 0.2) is 28.4 Å². The number of hydrogen-bond acceptors (Lipinski definition) is 1. The first kappa shape index (κ1) is 13.0. The average molecular weight is 323 g/mol. The molecule has 0 bridgehead atoms. The van der Waals surface area contributed by atoms with E-state index in [1.54, 1.807) is 0 Å². The van der Waals surface area contributed by atoms with Gasteiger partial charge in [-0.25, -0.2) is 0 Å². The molecule has 3 nitrogen and oxygen atoms in total. The van der Waals surface area contributed by atoms with Gasteiger partial charge in [-0.3, -0.25) is 4.79 Å². The summed E-state index contributed by atoms with van der Waals surface area (Å²) >= 11 is 3.46. The standard InChI is InChI=1S/C15H19BrN2O/c16-12-9-14(18(10-12)13-5-6-13)15(19)17-8-7-11-3-1-2-4-11/h3,9-10,13H,1-2,4-8H2,(H,17,19). The Morgan fingerprint density at radius 2 is 2.32 bits per heavy atom. The molecule has 3 rings (SSSR count). The van der Waals surface area contributed by atoms with E-state index in [-0.39, 0.29) is 5.91 Å². The largest absolute Gasteiger partial charge is 0.350 e. The van der Waals surface area contributed by atoms with Crippen molar-refractivity contribution >= 4 is 21.8 Å². The van der Waals surface area contributed by atoms with Gasteiger partial charge in [0.25, 0.3) is 5.91 Å². The number of allylic oxidation sites excluding steroid dienone is 1.